The van der Waals surface area contributed by atoms with Gasteiger partial charge in [-0.2, -0.15) is 0 Å². The van der Waals surface area contributed by atoms with Crippen LogP contribution in [-0.2, 0) is 0 Å². The van der Waals surface area contributed by atoms with Crippen molar-refractivity contribution in [1.29, 1.82) is 0 Å². The first-order chi connectivity index (χ1) is 34.4. The van der Waals surface area contributed by atoms with Crippen LogP contribution in [0.15, 0.2) is 122 Å². The number of benzene rings is 4. The number of fused-ring (bicyclic) bond motifs is 4. The van der Waals surface area contributed by atoms with Crippen molar-refractivity contribution < 1.29 is 0 Å². The van der Waals surface area contributed by atoms with E-state index in [-0.39, 0.29) is 0 Å². The Morgan fingerprint density at radius 3 is 1.18 bits per heavy atom. The van der Waals surface area contributed by atoms with Crippen LogP contribution in [-0.4, -0.2) is 19.9 Å². The maximum absolute atomic E-state index is 4.50. The zero-order valence-corrected chi connectivity index (χ0v) is 50.0. The average Bonchev–Trinajstić information content (AvgIpc) is 3.39. The summed E-state index contributed by atoms with van der Waals surface area (Å²) in [7, 11) is 0. The Labute approximate surface area is 441 Å². The summed E-state index contributed by atoms with van der Waals surface area (Å²) in [6, 6.07) is 30.9. The highest BCUT2D eigenvalue weighted by Crippen LogP contribution is 2.33. The Bertz CT molecular complexity index is 2370. The third-order valence-corrected chi connectivity index (χ3v) is 12.3. The van der Waals surface area contributed by atoms with E-state index in [0.29, 0.717) is 47.3 Å². The Kier molecular flexibility index (Phi) is 29.8. The average molecular weight is 974 g/mol. The number of aromatic nitrogens is 4. The lowest BCUT2D eigenvalue weighted by molar-refractivity contribution is 0.839. The van der Waals surface area contributed by atoms with Gasteiger partial charge in [-0.1, -0.05) is 209 Å². The van der Waals surface area contributed by atoms with Crippen LogP contribution in [0.5, 0.6) is 0 Å². The number of pyridine rings is 4. The van der Waals surface area contributed by atoms with Gasteiger partial charge in [-0.15, -0.1) is 0 Å². The Balaban J connectivity index is 0.000000458. The second-order valence-corrected chi connectivity index (χ2v) is 20.0. The Morgan fingerprint density at radius 1 is 0.292 bits per heavy atom. The molecule has 0 unspecified atom stereocenters. The molecule has 0 saturated carbocycles. The number of hydrogen-bond acceptors (Lipinski definition) is 4. The molecule has 0 aliphatic rings. The summed E-state index contributed by atoms with van der Waals surface area (Å²) < 4.78 is 0. The van der Waals surface area contributed by atoms with Crippen LogP contribution < -0.4 is 0 Å². The van der Waals surface area contributed by atoms with Gasteiger partial charge in [-0.25, -0.2) is 0 Å². The van der Waals surface area contributed by atoms with Gasteiger partial charge in [0.15, 0.2) is 0 Å². The summed E-state index contributed by atoms with van der Waals surface area (Å²) >= 11 is 0. The van der Waals surface area contributed by atoms with E-state index < -0.39 is 0 Å². The molecule has 0 radical (unpaired) electrons. The number of rotatable bonds is 8. The molecule has 4 heterocycles. The fourth-order valence-corrected chi connectivity index (χ4v) is 8.20. The standard InChI is InChI=1S/4C15H19N.4C2H6/c1-10(2)12-7-13-9-16-6-5-14(13)15(8-12)11(3)4;1-10(2)13-7-12-5-6-16-9-15(12)14(8-13)11(3)4;1-10(2)12-8-14(11(3)4)13-6-5-7-16-15(13)9-12;1-10(2)13-8-12-6-5-7-16-15(12)14(9-13)11(3)4;4*1-2/h4*5-11H,1-4H3;4*1-2H3. The largest absolute Gasteiger partial charge is 0.264 e. The van der Waals surface area contributed by atoms with Gasteiger partial charge in [0.1, 0.15) is 0 Å². The lowest BCUT2D eigenvalue weighted by Crippen LogP contribution is -1.96. The van der Waals surface area contributed by atoms with Gasteiger partial charge in [-0.3, -0.25) is 19.9 Å². The van der Waals surface area contributed by atoms with E-state index in [4.69, 9.17) is 0 Å². The summed E-state index contributed by atoms with van der Waals surface area (Å²) in [5, 5.41) is 7.76. The van der Waals surface area contributed by atoms with E-state index in [1.54, 1.807) is 0 Å². The van der Waals surface area contributed by atoms with E-state index in [0.717, 1.165) is 11.0 Å². The molecular weight excluding hydrogens is 873 g/mol. The molecule has 4 nitrogen and oxygen atoms in total. The fraction of sp³-hybridized carbons (Fsp3) is 0.471. The zero-order valence-electron chi connectivity index (χ0n) is 50.0. The van der Waals surface area contributed by atoms with E-state index in [2.05, 4.69) is 204 Å². The van der Waals surface area contributed by atoms with E-state index in [1.165, 1.54) is 76.8 Å². The SMILES string of the molecule is CC.CC.CC.CC.CC(C)c1cc(C(C)C)c2cccnc2c1.CC(C)c1cc(C(C)C)c2ccncc2c1.CC(C)c1cc(C(C)C)c2cnccc2c1.CC(C)c1cc(C(C)C)c2ncccc2c1. The van der Waals surface area contributed by atoms with E-state index in [1.807, 2.05) is 105 Å². The minimum Gasteiger partial charge on any atom is -0.264 e. The quantitative estimate of drug-likeness (QED) is 0.152. The normalized spacial score (nSPS) is 10.7. The second-order valence-electron chi connectivity index (χ2n) is 20.0. The van der Waals surface area contributed by atoms with Crippen LogP contribution in [0.2, 0.25) is 0 Å². The van der Waals surface area contributed by atoms with Crippen molar-refractivity contribution in [2.75, 3.05) is 0 Å². The molecular formula is C68H100N4. The minimum absolute atomic E-state index is 0.524. The van der Waals surface area contributed by atoms with Crippen LogP contribution in [0.1, 0.15) is 258 Å². The van der Waals surface area contributed by atoms with Crippen molar-refractivity contribution in [3.8, 4) is 0 Å². The lowest BCUT2D eigenvalue weighted by Gasteiger charge is -2.14. The highest BCUT2D eigenvalue weighted by Gasteiger charge is 2.13. The topological polar surface area (TPSA) is 51.6 Å². The van der Waals surface area contributed by atoms with Gasteiger partial charge >= 0.3 is 0 Å². The molecule has 0 bridgehead atoms. The van der Waals surface area contributed by atoms with Crippen LogP contribution in [0, 0.1) is 0 Å². The van der Waals surface area contributed by atoms with E-state index in [9.17, 15) is 0 Å². The molecule has 0 spiro atoms. The molecule has 0 fully saturated rings. The summed E-state index contributed by atoms with van der Waals surface area (Å²) in [6.45, 7) is 51.8. The Hall–Kier alpha value is -5.48. The molecule has 72 heavy (non-hydrogen) atoms. The highest BCUT2D eigenvalue weighted by molar-refractivity contribution is 5.87. The summed E-state index contributed by atoms with van der Waals surface area (Å²) in [5.41, 5.74) is 13.5. The van der Waals surface area contributed by atoms with Crippen molar-refractivity contribution in [2.45, 2.75) is 214 Å². The summed E-state index contributed by atoms with van der Waals surface area (Å²) in [4.78, 5) is 17.4. The van der Waals surface area contributed by atoms with Crippen molar-refractivity contribution in [3.05, 3.63) is 167 Å². The molecule has 0 aliphatic carbocycles. The summed E-state index contributed by atoms with van der Waals surface area (Å²) in [5.74, 6) is 4.46. The molecule has 392 valence electrons. The Morgan fingerprint density at radius 2 is 0.681 bits per heavy atom. The first-order valence-electron chi connectivity index (χ1n) is 27.9. The van der Waals surface area contributed by atoms with Crippen molar-refractivity contribution in [1.82, 2.24) is 19.9 Å². The summed E-state index contributed by atoms with van der Waals surface area (Å²) in [6.07, 6.45) is 11.4. The zero-order chi connectivity index (χ0) is 54.8. The first kappa shape index (κ1) is 64.5. The monoisotopic (exact) mass is 973 g/mol. The van der Waals surface area contributed by atoms with Gasteiger partial charge in [0.2, 0.25) is 0 Å². The maximum Gasteiger partial charge on any atom is 0.0736 e. The van der Waals surface area contributed by atoms with Crippen LogP contribution >= 0.6 is 0 Å². The van der Waals surface area contributed by atoms with Gasteiger partial charge in [0, 0.05) is 58.7 Å². The predicted octanol–water partition coefficient (Wildman–Crippen LogP) is 22.0. The van der Waals surface area contributed by atoms with Gasteiger partial charge in [-0.05, 0) is 145 Å². The smallest absolute Gasteiger partial charge is 0.0736 e. The highest BCUT2D eigenvalue weighted by atomic mass is 14.7. The van der Waals surface area contributed by atoms with Crippen molar-refractivity contribution in [3.63, 3.8) is 0 Å². The third kappa shape index (κ3) is 18.5. The first-order valence-corrected chi connectivity index (χ1v) is 27.9. The van der Waals surface area contributed by atoms with Gasteiger partial charge in [0.25, 0.3) is 0 Å². The molecule has 4 aromatic carbocycles. The van der Waals surface area contributed by atoms with E-state index >= 15 is 0 Å². The molecule has 0 aliphatic heterocycles. The number of hydrogen-bond donors (Lipinski definition) is 0. The van der Waals surface area contributed by atoms with Crippen LogP contribution in [0.4, 0.5) is 0 Å². The van der Waals surface area contributed by atoms with Crippen LogP contribution in [0.25, 0.3) is 43.4 Å². The van der Waals surface area contributed by atoms with Crippen molar-refractivity contribution in [2.24, 2.45) is 0 Å². The molecule has 0 N–H and O–H groups in total. The molecule has 8 aromatic rings. The van der Waals surface area contributed by atoms with Gasteiger partial charge in [0.05, 0.1) is 11.0 Å². The molecule has 0 atom stereocenters. The molecule has 4 heteroatoms. The van der Waals surface area contributed by atoms with Gasteiger partial charge < -0.3 is 0 Å². The fourth-order valence-electron chi connectivity index (χ4n) is 8.20. The molecule has 4 aromatic heterocycles. The molecule has 0 amide bonds. The predicted molar refractivity (Wildman–Crippen MR) is 325 cm³/mol. The molecule has 8 rings (SSSR count). The number of nitrogens with zero attached hydrogens (tertiary/aromatic N) is 4. The second kappa shape index (κ2) is 33.3. The maximum atomic E-state index is 4.50. The minimum atomic E-state index is 0.524. The molecule has 0 saturated heterocycles. The van der Waals surface area contributed by atoms with Crippen LogP contribution in [0.3, 0.4) is 0 Å². The third-order valence-electron chi connectivity index (χ3n) is 12.3. The lowest BCUT2D eigenvalue weighted by atomic mass is 9.91. The van der Waals surface area contributed by atoms with Crippen molar-refractivity contribution >= 4 is 43.4 Å².